The van der Waals surface area contributed by atoms with Gasteiger partial charge in [-0.15, -0.1) is 0 Å². The maximum absolute atomic E-state index is 6.00. The smallest absolute Gasteiger partial charge is 0.0488 e. The largest absolute Gasteiger partial charge is 0.347 e. The Morgan fingerprint density at radius 1 is 1.35 bits per heavy atom. The molecule has 90 valence electrons. The Morgan fingerprint density at radius 2 is 2.24 bits per heavy atom. The molecule has 0 aliphatic rings. The summed E-state index contributed by atoms with van der Waals surface area (Å²) in [5.74, 6) is 0. The second-order valence-corrected chi connectivity index (χ2v) is 4.36. The molecule has 2 aromatic heterocycles. The van der Waals surface area contributed by atoms with Gasteiger partial charge in [-0.05, 0) is 30.2 Å². The van der Waals surface area contributed by atoms with Gasteiger partial charge in [0, 0.05) is 43.3 Å². The maximum Gasteiger partial charge on any atom is 0.0488 e. The number of pyridine rings is 1. The monoisotopic (exact) mass is 229 g/mol. The van der Waals surface area contributed by atoms with Crippen LogP contribution in [0.2, 0.25) is 0 Å². The molecule has 0 fully saturated rings. The fraction of sp³-hybridized carbons (Fsp3) is 0.357. The summed E-state index contributed by atoms with van der Waals surface area (Å²) in [6.07, 6.45) is 7.75. The van der Waals surface area contributed by atoms with Gasteiger partial charge < -0.3 is 10.3 Å². The molecule has 3 nitrogen and oxygen atoms in total. The van der Waals surface area contributed by atoms with Crippen LogP contribution in [0.15, 0.2) is 42.9 Å². The lowest BCUT2D eigenvalue weighted by Gasteiger charge is -2.12. The van der Waals surface area contributed by atoms with Crippen LogP contribution in [0.1, 0.15) is 24.6 Å². The summed E-state index contributed by atoms with van der Waals surface area (Å²) in [6, 6.07) is 8.53. The van der Waals surface area contributed by atoms with Crippen molar-refractivity contribution in [1.82, 2.24) is 9.55 Å². The van der Waals surface area contributed by atoms with Crippen LogP contribution < -0.4 is 5.73 Å². The summed E-state index contributed by atoms with van der Waals surface area (Å²) in [4.78, 5) is 4.13. The maximum atomic E-state index is 6.00. The van der Waals surface area contributed by atoms with Crippen LogP contribution in [0.5, 0.6) is 0 Å². The van der Waals surface area contributed by atoms with Gasteiger partial charge in [-0.3, -0.25) is 4.98 Å². The van der Waals surface area contributed by atoms with E-state index in [4.69, 9.17) is 5.73 Å². The van der Waals surface area contributed by atoms with Gasteiger partial charge in [-0.25, -0.2) is 0 Å². The molecule has 0 spiro atoms. The lowest BCUT2D eigenvalue weighted by atomic mass is 10.1. The average molecular weight is 229 g/mol. The highest BCUT2D eigenvalue weighted by molar-refractivity contribution is 5.14. The Morgan fingerprint density at radius 3 is 2.94 bits per heavy atom. The van der Waals surface area contributed by atoms with E-state index in [0.29, 0.717) is 0 Å². The third-order valence-electron chi connectivity index (χ3n) is 2.99. The van der Waals surface area contributed by atoms with E-state index in [1.54, 1.807) is 6.20 Å². The summed E-state index contributed by atoms with van der Waals surface area (Å²) in [5, 5.41) is 0. The summed E-state index contributed by atoms with van der Waals surface area (Å²) < 4.78 is 2.24. The number of aromatic nitrogens is 2. The van der Waals surface area contributed by atoms with Crippen molar-refractivity contribution >= 4 is 0 Å². The number of rotatable bonds is 5. The zero-order chi connectivity index (χ0) is 12.1. The summed E-state index contributed by atoms with van der Waals surface area (Å²) >= 11 is 0. The zero-order valence-electron chi connectivity index (χ0n) is 10.2. The molecule has 1 atom stereocenters. The first-order valence-corrected chi connectivity index (χ1v) is 6.08. The van der Waals surface area contributed by atoms with E-state index in [1.807, 2.05) is 12.3 Å². The van der Waals surface area contributed by atoms with Gasteiger partial charge in [0.05, 0.1) is 0 Å². The van der Waals surface area contributed by atoms with Gasteiger partial charge in [0.1, 0.15) is 0 Å². The minimum atomic E-state index is 0.248. The molecule has 0 radical (unpaired) electrons. The van der Waals surface area contributed by atoms with Crippen molar-refractivity contribution in [3.63, 3.8) is 0 Å². The van der Waals surface area contributed by atoms with Crippen molar-refractivity contribution < 1.29 is 0 Å². The topological polar surface area (TPSA) is 43.8 Å². The lowest BCUT2D eigenvalue weighted by Crippen LogP contribution is -2.23. The van der Waals surface area contributed by atoms with E-state index in [2.05, 4.69) is 40.9 Å². The SMILES string of the molecule is CCC(N)Cc1cccn1Cc1cccnc1. The van der Waals surface area contributed by atoms with Crippen LogP contribution in [0.4, 0.5) is 0 Å². The number of hydrogen-bond donors (Lipinski definition) is 1. The predicted octanol–water partition coefficient (Wildman–Crippen LogP) is 2.21. The Labute approximate surface area is 102 Å². The fourth-order valence-corrected chi connectivity index (χ4v) is 1.89. The highest BCUT2D eigenvalue weighted by Crippen LogP contribution is 2.09. The molecule has 0 saturated carbocycles. The van der Waals surface area contributed by atoms with E-state index >= 15 is 0 Å². The van der Waals surface area contributed by atoms with Crippen LogP contribution in [-0.2, 0) is 13.0 Å². The molecule has 0 aliphatic heterocycles. The van der Waals surface area contributed by atoms with Gasteiger partial charge in [0.15, 0.2) is 0 Å². The minimum Gasteiger partial charge on any atom is -0.347 e. The first kappa shape index (κ1) is 11.9. The van der Waals surface area contributed by atoms with Gasteiger partial charge in [0.2, 0.25) is 0 Å². The van der Waals surface area contributed by atoms with E-state index in [9.17, 15) is 0 Å². The molecule has 0 bridgehead atoms. The van der Waals surface area contributed by atoms with Crippen LogP contribution in [-0.4, -0.2) is 15.6 Å². The van der Waals surface area contributed by atoms with Crippen LogP contribution in [0.3, 0.4) is 0 Å². The predicted molar refractivity (Wildman–Crippen MR) is 69.7 cm³/mol. The van der Waals surface area contributed by atoms with Crippen LogP contribution >= 0.6 is 0 Å². The number of nitrogens with zero attached hydrogens (tertiary/aromatic N) is 2. The second kappa shape index (κ2) is 5.64. The number of nitrogens with two attached hydrogens (primary N) is 1. The standard InChI is InChI=1S/C14H19N3/c1-2-13(15)9-14-6-4-8-17(14)11-12-5-3-7-16-10-12/h3-8,10,13H,2,9,11,15H2,1H3. The molecule has 0 saturated heterocycles. The summed E-state index contributed by atoms with van der Waals surface area (Å²) in [5.41, 5.74) is 8.51. The highest BCUT2D eigenvalue weighted by Gasteiger charge is 2.06. The van der Waals surface area contributed by atoms with Crippen LogP contribution in [0.25, 0.3) is 0 Å². The lowest BCUT2D eigenvalue weighted by molar-refractivity contribution is 0.610. The molecule has 1 unspecified atom stereocenters. The van der Waals surface area contributed by atoms with Gasteiger partial charge in [-0.1, -0.05) is 13.0 Å². The number of hydrogen-bond acceptors (Lipinski definition) is 2. The molecule has 2 aromatic rings. The Hall–Kier alpha value is -1.61. The van der Waals surface area contributed by atoms with Gasteiger partial charge in [0.25, 0.3) is 0 Å². The van der Waals surface area contributed by atoms with Gasteiger partial charge >= 0.3 is 0 Å². The molecule has 2 rings (SSSR count). The zero-order valence-corrected chi connectivity index (χ0v) is 10.2. The van der Waals surface area contributed by atoms with Crippen molar-refractivity contribution in [3.8, 4) is 0 Å². The first-order valence-electron chi connectivity index (χ1n) is 6.08. The van der Waals surface area contributed by atoms with Crippen molar-refractivity contribution in [1.29, 1.82) is 0 Å². The van der Waals surface area contributed by atoms with Crippen molar-refractivity contribution in [3.05, 3.63) is 54.1 Å². The molecule has 0 amide bonds. The first-order chi connectivity index (χ1) is 8.29. The second-order valence-electron chi connectivity index (χ2n) is 4.36. The van der Waals surface area contributed by atoms with Crippen molar-refractivity contribution in [2.24, 2.45) is 5.73 Å². The van der Waals surface area contributed by atoms with E-state index < -0.39 is 0 Å². The Bertz CT molecular complexity index is 448. The normalized spacial score (nSPS) is 12.6. The summed E-state index contributed by atoms with van der Waals surface area (Å²) in [6.45, 7) is 2.99. The van der Waals surface area contributed by atoms with E-state index in [1.165, 1.54) is 11.3 Å². The van der Waals surface area contributed by atoms with Gasteiger partial charge in [-0.2, -0.15) is 0 Å². The molecule has 0 aliphatic carbocycles. The quantitative estimate of drug-likeness (QED) is 0.854. The molecular weight excluding hydrogens is 210 g/mol. The average Bonchev–Trinajstić information content (AvgIpc) is 2.78. The minimum absolute atomic E-state index is 0.248. The Balaban J connectivity index is 2.09. The van der Waals surface area contributed by atoms with Crippen LogP contribution in [0, 0.1) is 0 Å². The Kier molecular flexibility index (Phi) is 3.94. The summed E-state index contributed by atoms with van der Waals surface area (Å²) in [7, 11) is 0. The molecule has 17 heavy (non-hydrogen) atoms. The van der Waals surface area contributed by atoms with E-state index in [-0.39, 0.29) is 6.04 Å². The van der Waals surface area contributed by atoms with Crippen molar-refractivity contribution in [2.75, 3.05) is 0 Å². The molecule has 2 heterocycles. The molecule has 3 heteroatoms. The molecule has 0 aromatic carbocycles. The van der Waals surface area contributed by atoms with Crippen molar-refractivity contribution in [2.45, 2.75) is 32.4 Å². The van der Waals surface area contributed by atoms with E-state index in [0.717, 1.165) is 19.4 Å². The molecule has 2 N–H and O–H groups in total. The third-order valence-corrected chi connectivity index (χ3v) is 2.99. The highest BCUT2D eigenvalue weighted by atomic mass is 15.0. The fourth-order valence-electron chi connectivity index (χ4n) is 1.89. The third kappa shape index (κ3) is 3.17. The molecular formula is C14H19N3.